The first kappa shape index (κ1) is 10.0. The van der Waals surface area contributed by atoms with Crippen LogP contribution in [0.3, 0.4) is 0 Å². The quantitative estimate of drug-likeness (QED) is 0.514. The summed E-state index contributed by atoms with van der Waals surface area (Å²) in [5.74, 6) is 0. The summed E-state index contributed by atoms with van der Waals surface area (Å²) in [7, 11) is 0. The van der Waals surface area contributed by atoms with Gasteiger partial charge in [0.15, 0.2) is 0 Å². The maximum Gasteiger partial charge on any atom is 0.0109 e. The van der Waals surface area contributed by atoms with Crippen molar-refractivity contribution < 1.29 is 0 Å². The van der Waals surface area contributed by atoms with Gasteiger partial charge in [-0.25, -0.2) is 0 Å². The van der Waals surface area contributed by atoms with Crippen LogP contribution in [0, 0.1) is 0 Å². The fourth-order valence-electron chi connectivity index (χ4n) is 0.920. The molecule has 10 heavy (non-hydrogen) atoms. The smallest absolute Gasteiger partial charge is 0.0109 e. The molecule has 0 unspecified atom stereocenters. The molecule has 0 saturated carbocycles. The van der Waals surface area contributed by atoms with Gasteiger partial charge < -0.3 is 0 Å². The lowest BCUT2D eigenvalue weighted by Gasteiger charge is -1.97. The lowest BCUT2D eigenvalue weighted by molar-refractivity contribution is 0.636. The highest BCUT2D eigenvalue weighted by Crippen LogP contribution is 2.11. The third-order valence-corrected chi connectivity index (χ3v) is 1.74. The Morgan fingerprint density at radius 3 is 2.30 bits per heavy atom. The van der Waals surface area contributed by atoms with Crippen molar-refractivity contribution in [3.05, 3.63) is 11.6 Å². The Morgan fingerprint density at radius 2 is 1.80 bits per heavy atom. The molecule has 0 N–H and O–H groups in total. The van der Waals surface area contributed by atoms with E-state index in [1.165, 1.54) is 32.1 Å². The number of halogens is 1. The van der Waals surface area contributed by atoms with Crippen LogP contribution < -0.4 is 0 Å². The van der Waals surface area contributed by atoms with Crippen LogP contribution in [-0.2, 0) is 0 Å². The normalized spacial score (nSPS) is 9.80. The predicted octanol–water partition coefficient (Wildman–Crippen LogP) is 4.10. The minimum Gasteiger partial charge on any atom is -0.0898 e. The molecule has 0 atom stereocenters. The predicted molar refractivity (Wildman–Crippen MR) is 48.4 cm³/mol. The van der Waals surface area contributed by atoms with Crippen molar-refractivity contribution in [2.45, 2.75) is 45.4 Å². The van der Waals surface area contributed by atoms with Crippen molar-refractivity contribution in [2.75, 3.05) is 0 Å². The fraction of sp³-hybridized carbons (Fsp3) is 0.778. The van der Waals surface area contributed by atoms with E-state index in [9.17, 15) is 0 Å². The lowest BCUT2D eigenvalue weighted by Crippen LogP contribution is -1.77. The second-order valence-corrected chi connectivity index (χ2v) is 3.22. The van der Waals surface area contributed by atoms with Gasteiger partial charge >= 0.3 is 0 Å². The topological polar surface area (TPSA) is 0 Å². The highest BCUT2D eigenvalue weighted by atomic mass is 35.5. The van der Waals surface area contributed by atoms with Gasteiger partial charge in [-0.05, 0) is 12.8 Å². The maximum absolute atomic E-state index is 5.60. The van der Waals surface area contributed by atoms with E-state index in [0.717, 1.165) is 11.5 Å². The van der Waals surface area contributed by atoms with E-state index in [1.807, 2.05) is 0 Å². The highest BCUT2D eigenvalue weighted by Gasteiger charge is 1.89. The van der Waals surface area contributed by atoms with Crippen LogP contribution in [0.1, 0.15) is 45.4 Å². The van der Waals surface area contributed by atoms with Gasteiger partial charge in [0, 0.05) is 5.03 Å². The first-order chi connectivity index (χ1) is 4.77. The molecular weight excluding hydrogens is 144 g/mol. The molecule has 0 rings (SSSR count). The average Bonchev–Trinajstić information content (AvgIpc) is 1.87. The molecular formula is C9H17Cl. The van der Waals surface area contributed by atoms with Crippen LogP contribution in [-0.4, -0.2) is 0 Å². The second-order valence-electron chi connectivity index (χ2n) is 2.68. The van der Waals surface area contributed by atoms with E-state index in [0.29, 0.717) is 0 Å². The molecule has 0 aliphatic heterocycles. The SMILES string of the molecule is C=C(Cl)CCCCCCC. The molecule has 0 heterocycles. The van der Waals surface area contributed by atoms with Crippen LogP contribution in [0.15, 0.2) is 11.6 Å². The molecule has 0 aromatic heterocycles. The molecule has 0 aromatic carbocycles. The Balaban J connectivity index is 2.84. The van der Waals surface area contributed by atoms with Gasteiger partial charge in [-0.1, -0.05) is 50.8 Å². The largest absolute Gasteiger partial charge is 0.0898 e. The molecule has 60 valence electrons. The molecule has 0 spiro atoms. The summed E-state index contributed by atoms with van der Waals surface area (Å²) in [5, 5.41) is 0.802. The Kier molecular flexibility index (Phi) is 7.16. The molecule has 1 heteroatoms. The lowest BCUT2D eigenvalue weighted by atomic mass is 10.1. The van der Waals surface area contributed by atoms with E-state index < -0.39 is 0 Å². The summed E-state index contributed by atoms with van der Waals surface area (Å²) < 4.78 is 0. The van der Waals surface area contributed by atoms with Crippen molar-refractivity contribution in [3.8, 4) is 0 Å². The van der Waals surface area contributed by atoms with Crippen molar-refractivity contribution in [1.29, 1.82) is 0 Å². The first-order valence-corrected chi connectivity index (χ1v) is 4.48. The first-order valence-electron chi connectivity index (χ1n) is 4.10. The molecule has 0 fully saturated rings. The molecule has 0 nitrogen and oxygen atoms in total. The highest BCUT2D eigenvalue weighted by molar-refractivity contribution is 6.29. The Hall–Kier alpha value is 0.0300. The molecule has 0 radical (unpaired) electrons. The van der Waals surface area contributed by atoms with Gasteiger partial charge in [0.05, 0.1) is 0 Å². The number of unbranched alkanes of at least 4 members (excludes halogenated alkanes) is 4. The number of rotatable bonds is 6. The zero-order valence-corrected chi connectivity index (χ0v) is 7.58. The van der Waals surface area contributed by atoms with E-state index in [1.54, 1.807) is 0 Å². The van der Waals surface area contributed by atoms with E-state index >= 15 is 0 Å². The van der Waals surface area contributed by atoms with Crippen LogP contribution >= 0.6 is 11.6 Å². The maximum atomic E-state index is 5.60. The second kappa shape index (κ2) is 7.14. The zero-order valence-electron chi connectivity index (χ0n) is 6.83. The van der Waals surface area contributed by atoms with Gasteiger partial charge in [-0.15, -0.1) is 0 Å². The third-order valence-electron chi connectivity index (χ3n) is 1.55. The Morgan fingerprint density at radius 1 is 1.20 bits per heavy atom. The summed E-state index contributed by atoms with van der Waals surface area (Å²) in [6.45, 7) is 5.86. The molecule has 0 bridgehead atoms. The third kappa shape index (κ3) is 8.03. The van der Waals surface area contributed by atoms with Crippen LogP contribution in [0.25, 0.3) is 0 Å². The van der Waals surface area contributed by atoms with Crippen molar-refractivity contribution in [3.63, 3.8) is 0 Å². The van der Waals surface area contributed by atoms with Gasteiger partial charge in [0.2, 0.25) is 0 Å². The molecule has 0 saturated heterocycles. The van der Waals surface area contributed by atoms with Crippen LogP contribution in [0.2, 0.25) is 0 Å². The molecule has 0 amide bonds. The van der Waals surface area contributed by atoms with E-state index in [2.05, 4.69) is 13.5 Å². The van der Waals surface area contributed by atoms with Gasteiger partial charge in [-0.3, -0.25) is 0 Å². The standard InChI is InChI=1S/C9H17Cl/c1-3-4-5-6-7-8-9(2)10/h2-8H2,1H3. The van der Waals surface area contributed by atoms with Crippen LogP contribution in [0.5, 0.6) is 0 Å². The molecule has 0 aliphatic rings. The van der Waals surface area contributed by atoms with Crippen LogP contribution in [0.4, 0.5) is 0 Å². The summed E-state index contributed by atoms with van der Waals surface area (Å²) in [6, 6.07) is 0. The van der Waals surface area contributed by atoms with Crippen molar-refractivity contribution >= 4 is 11.6 Å². The summed E-state index contributed by atoms with van der Waals surface area (Å²) >= 11 is 5.60. The summed E-state index contributed by atoms with van der Waals surface area (Å²) in [6.07, 6.45) is 7.52. The summed E-state index contributed by atoms with van der Waals surface area (Å²) in [5.41, 5.74) is 0. The fourth-order valence-corrected chi connectivity index (χ4v) is 1.05. The Labute approximate surface area is 69.3 Å². The average molecular weight is 161 g/mol. The number of hydrogen-bond acceptors (Lipinski definition) is 0. The minimum absolute atomic E-state index is 0.802. The minimum atomic E-state index is 0.802. The molecule has 0 aromatic rings. The van der Waals surface area contributed by atoms with E-state index in [-0.39, 0.29) is 0 Å². The van der Waals surface area contributed by atoms with Gasteiger partial charge in [0.1, 0.15) is 0 Å². The monoisotopic (exact) mass is 160 g/mol. The number of allylic oxidation sites excluding steroid dienone is 1. The van der Waals surface area contributed by atoms with Crippen molar-refractivity contribution in [2.24, 2.45) is 0 Å². The zero-order chi connectivity index (χ0) is 7.82. The summed E-state index contributed by atoms with van der Waals surface area (Å²) in [4.78, 5) is 0. The van der Waals surface area contributed by atoms with Gasteiger partial charge in [0.25, 0.3) is 0 Å². The Bertz CT molecular complexity index is 86.7. The molecule has 0 aliphatic carbocycles. The number of hydrogen-bond donors (Lipinski definition) is 0. The van der Waals surface area contributed by atoms with Crippen molar-refractivity contribution in [1.82, 2.24) is 0 Å². The van der Waals surface area contributed by atoms with Gasteiger partial charge in [-0.2, -0.15) is 0 Å². The van der Waals surface area contributed by atoms with E-state index in [4.69, 9.17) is 11.6 Å².